The van der Waals surface area contributed by atoms with Gasteiger partial charge in [-0.25, -0.2) is 0 Å². The Morgan fingerprint density at radius 2 is 2.05 bits per heavy atom. The van der Waals surface area contributed by atoms with E-state index in [1.165, 1.54) is 6.42 Å². The van der Waals surface area contributed by atoms with Gasteiger partial charge in [-0.2, -0.15) is 0 Å². The maximum absolute atomic E-state index is 11.8. The minimum absolute atomic E-state index is 0.00739. The van der Waals surface area contributed by atoms with Gasteiger partial charge in [-0.15, -0.1) is 0 Å². The Morgan fingerprint density at radius 1 is 1.35 bits per heavy atom. The number of carbonyl (C=O) groups is 1. The van der Waals surface area contributed by atoms with Crippen molar-refractivity contribution in [2.75, 3.05) is 27.2 Å². The van der Waals surface area contributed by atoms with Crippen LogP contribution in [0.25, 0.3) is 0 Å². The summed E-state index contributed by atoms with van der Waals surface area (Å²) in [5.41, 5.74) is 0. The molecule has 1 N–H and O–H groups in total. The maximum Gasteiger partial charge on any atom is 0.308 e. The van der Waals surface area contributed by atoms with Crippen LogP contribution in [-0.2, 0) is 9.53 Å². The van der Waals surface area contributed by atoms with Crippen molar-refractivity contribution in [1.82, 2.24) is 10.2 Å². The van der Waals surface area contributed by atoms with Crippen LogP contribution in [0.2, 0.25) is 0 Å². The highest BCUT2D eigenvalue weighted by Crippen LogP contribution is 2.25. The quantitative estimate of drug-likeness (QED) is 0.728. The number of nitrogens with one attached hydrogen (secondary N) is 1. The summed E-state index contributed by atoms with van der Waals surface area (Å²) in [5, 5.41) is 3.66. The molecule has 20 heavy (non-hydrogen) atoms. The SMILES string of the molecule is CCOC(=O)C1CCCC(NCC(C(C)C)N(C)C)C1. The summed E-state index contributed by atoms with van der Waals surface area (Å²) in [6, 6.07) is 0.998. The lowest BCUT2D eigenvalue weighted by Gasteiger charge is -2.33. The molecular formula is C16H32N2O2. The fourth-order valence-electron chi connectivity index (χ4n) is 3.15. The molecule has 0 amide bonds. The first-order valence-electron chi connectivity index (χ1n) is 8.02. The molecule has 0 bridgehead atoms. The number of likely N-dealkylation sites (N-methyl/N-ethyl adjacent to an activating group) is 1. The lowest BCUT2D eigenvalue weighted by molar-refractivity contribution is -0.149. The van der Waals surface area contributed by atoms with Crippen molar-refractivity contribution in [3.8, 4) is 0 Å². The summed E-state index contributed by atoms with van der Waals surface area (Å²) < 4.78 is 5.16. The molecule has 3 unspecified atom stereocenters. The third-order valence-corrected chi connectivity index (χ3v) is 4.34. The standard InChI is InChI=1S/C16H32N2O2/c1-6-20-16(19)13-8-7-9-14(10-13)17-11-15(12(2)3)18(4)5/h12-15,17H,6-11H2,1-5H3. The Kier molecular flexibility index (Phi) is 7.52. The average molecular weight is 284 g/mol. The minimum atomic E-state index is -0.00739. The predicted molar refractivity (Wildman–Crippen MR) is 82.7 cm³/mol. The van der Waals surface area contributed by atoms with E-state index in [4.69, 9.17) is 4.74 Å². The van der Waals surface area contributed by atoms with Gasteiger partial charge in [0.15, 0.2) is 0 Å². The zero-order valence-corrected chi connectivity index (χ0v) is 13.8. The summed E-state index contributed by atoms with van der Waals surface area (Å²) >= 11 is 0. The first-order chi connectivity index (χ1) is 9.45. The molecule has 0 spiro atoms. The Morgan fingerprint density at radius 3 is 2.60 bits per heavy atom. The minimum Gasteiger partial charge on any atom is -0.466 e. The van der Waals surface area contributed by atoms with E-state index < -0.39 is 0 Å². The number of hydrogen-bond acceptors (Lipinski definition) is 4. The first-order valence-corrected chi connectivity index (χ1v) is 8.02. The van der Waals surface area contributed by atoms with Crippen LogP contribution < -0.4 is 5.32 Å². The van der Waals surface area contributed by atoms with Gasteiger partial charge >= 0.3 is 5.97 Å². The summed E-state index contributed by atoms with van der Waals surface area (Å²) in [5.74, 6) is 0.715. The van der Waals surface area contributed by atoms with Crippen LogP contribution in [0.3, 0.4) is 0 Å². The van der Waals surface area contributed by atoms with E-state index in [1.54, 1.807) is 0 Å². The van der Waals surface area contributed by atoms with Gasteiger partial charge in [0, 0.05) is 18.6 Å². The molecular weight excluding hydrogens is 252 g/mol. The Bertz CT molecular complexity index is 284. The van der Waals surface area contributed by atoms with Crippen LogP contribution in [0.15, 0.2) is 0 Å². The Hall–Kier alpha value is -0.610. The van der Waals surface area contributed by atoms with Crippen LogP contribution in [-0.4, -0.2) is 50.2 Å². The van der Waals surface area contributed by atoms with Gasteiger partial charge < -0.3 is 15.0 Å². The molecule has 4 heteroatoms. The molecule has 4 nitrogen and oxygen atoms in total. The van der Waals surface area contributed by atoms with E-state index in [0.717, 1.165) is 25.8 Å². The predicted octanol–water partition coefficient (Wildman–Crippen LogP) is 2.28. The van der Waals surface area contributed by atoms with Gasteiger partial charge in [0.25, 0.3) is 0 Å². The topological polar surface area (TPSA) is 41.6 Å². The van der Waals surface area contributed by atoms with Crippen LogP contribution >= 0.6 is 0 Å². The zero-order chi connectivity index (χ0) is 15.1. The van der Waals surface area contributed by atoms with Gasteiger partial charge in [0.1, 0.15) is 0 Å². The molecule has 1 saturated carbocycles. The van der Waals surface area contributed by atoms with E-state index in [9.17, 15) is 4.79 Å². The van der Waals surface area contributed by atoms with E-state index in [1.807, 2.05) is 6.92 Å². The zero-order valence-electron chi connectivity index (χ0n) is 13.8. The second-order valence-corrected chi connectivity index (χ2v) is 6.50. The number of carbonyl (C=O) groups excluding carboxylic acids is 1. The monoisotopic (exact) mass is 284 g/mol. The van der Waals surface area contributed by atoms with E-state index in [0.29, 0.717) is 24.6 Å². The van der Waals surface area contributed by atoms with Crippen molar-refractivity contribution < 1.29 is 9.53 Å². The van der Waals surface area contributed by atoms with Crippen molar-refractivity contribution in [1.29, 1.82) is 0 Å². The number of esters is 1. The molecule has 0 aromatic rings. The fourth-order valence-corrected chi connectivity index (χ4v) is 3.15. The van der Waals surface area contributed by atoms with Crippen molar-refractivity contribution in [2.24, 2.45) is 11.8 Å². The second-order valence-electron chi connectivity index (χ2n) is 6.50. The highest BCUT2D eigenvalue weighted by Gasteiger charge is 2.28. The molecule has 1 aliphatic rings. The van der Waals surface area contributed by atoms with Crippen molar-refractivity contribution in [3.63, 3.8) is 0 Å². The molecule has 118 valence electrons. The van der Waals surface area contributed by atoms with Crippen molar-refractivity contribution in [2.45, 2.75) is 58.5 Å². The number of ether oxygens (including phenoxy) is 1. The lowest BCUT2D eigenvalue weighted by atomic mass is 9.85. The number of hydrogen-bond donors (Lipinski definition) is 1. The average Bonchev–Trinajstić information content (AvgIpc) is 2.38. The molecule has 1 rings (SSSR count). The third kappa shape index (κ3) is 5.41. The summed E-state index contributed by atoms with van der Waals surface area (Å²) in [7, 11) is 4.27. The Labute approximate surface area is 124 Å². The number of rotatable bonds is 7. The van der Waals surface area contributed by atoms with Crippen molar-refractivity contribution >= 4 is 5.97 Å². The summed E-state index contributed by atoms with van der Waals surface area (Å²) in [4.78, 5) is 14.1. The highest BCUT2D eigenvalue weighted by atomic mass is 16.5. The molecule has 1 aliphatic carbocycles. The maximum atomic E-state index is 11.8. The largest absolute Gasteiger partial charge is 0.466 e. The molecule has 0 aliphatic heterocycles. The van der Waals surface area contributed by atoms with Crippen LogP contribution in [0.4, 0.5) is 0 Å². The molecule has 0 aromatic heterocycles. The van der Waals surface area contributed by atoms with E-state index in [-0.39, 0.29) is 11.9 Å². The van der Waals surface area contributed by atoms with Crippen LogP contribution in [0.1, 0.15) is 46.5 Å². The smallest absolute Gasteiger partial charge is 0.308 e. The van der Waals surface area contributed by atoms with Crippen LogP contribution in [0, 0.1) is 11.8 Å². The summed E-state index contributed by atoms with van der Waals surface area (Å²) in [6.07, 6.45) is 4.21. The van der Waals surface area contributed by atoms with E-state index >= 15 is 0 Å². The second kappa shape index (κ2) is 8.63. The first kappa shape index (κ1) is 17.4. The third-order valence-electron chi connectivity index (χ3n) is 4.34. The van der Waals surface area contributed by atoms with Gasteiger partial charge in [-0.05, 0) is 46.2 Å². The molecule has 3 atom stereocenters. The van der Waals surface area contributed by atoms with Crippen molar-refractivity contribution in [3.05, 3.63) is 0 Å². The van der Waals surface area contributed by atoms with Gasteiger partial charge in [0.2, 0.25) is 0 Å². The van der Waals surface area contributed by atoms with Gasteiger partial charge in [-0.3, -0.25) is 4.79 Å². The Balaban J connectivity index is 2.42. The van der Waals surface area contributed by atoms with E-state index in [2.05, 4.69) is 38.2 Å². The molecule has 0 saturated heterocycles. The molecule has 0 radical (unpaired) electrons. The van der Waals surface area contributed by atoms with Gasteiger partial charge in [-0.1, -0.05) is 20.3 Å². The normalized spacial score (nSPS) is 24.9. The highest BCUT2D eigenvalue weighted by molar-refractivity contribution is 5.72. The summed E-state index contributed by atoms with van der Waals surface area (Å²) in [6.45, 7) is 7.87. The molecule has 1 fully saturated rings. The fraction of sp³-hybridized carbons (Fsp3) is 0.938. The molecule has 0 heterocycles. The molecule has 0 aromatic carbocycles. The van der Waals surface area contributed by atoms with Crippen LogP contribution in [0.5, 0.6) is 0 Å². The lowest BCUT2D eigenvalue weighted by Crippen LogP contribution is -2.46. The number of nitrogens with zero attached hydrogens (tertiary/aromatic N) is 1. The van der Waals surface area contributed by atoms with Gasteiger partial charge in [0.05, 0.1) is 12.5 Å².